The van der Waals surface area contributed by atoms with Gasteiger partial charge in [-0.2, -0.15) is 10.4 Å². The van der Waals surface area contributed by atoms with Crippen LogP contribution >= 0.6 is 0 Å². The van der Waals surface area contributed by atoms with Crippen LogP contribution in [0, 0.1) is 11.3 Å². The smallest absolute Gasteiger partial charge is 0.261 e. The Morgan fingerprint density at radius 3 is 2.75 bits per heavy atom. The molecule has 2 aromatic rings. The molecule has 0 aromatic heterocycles. The molecule has 2 aromatic carbocycles. The van der Waals surface area contributed by atoms with Gasteiger partial charge >= 0.3 is 0 Å². The highest BCUT2D eigenvalue weighted by atomic mass is 16.5. The normalized spacial score (nSPS) is 14.0. The van der Waals surface area contributed by atoms with Crippen LogP contribution < -0.4 is 10.2 Å². The van der Waals surface area contributed by atoms with Crippen molar-refractivity contribution in [3.8, 4) is 11.8 Å². The molecule has 1 N–H and O–H groups in total. The van der Waals surface area contributed by atoms with E-state index < -0.39 is 11.8 Å². The van der Waals surface area contributed by atoms with Crippen molar-refractivity contribution in [3.05, 3.63) is 71.3 Å². The van der Waals surface area contributed by atoms with Crippen LogP contribution in [0.2, 0.25) is 0 Å². The van der Waals surface area contributed by atoms with E-state index in [-0.39, 0.29) is 0 Å². The lowest BCUT2D eigenvalue weighted by molar-refractivity contribution is -0.121. The molecule has 0 radical (unpaired) electrons. The number of benzene rings is 2. The molecule has 1 aliphatic rings. The summed E-state index contributed by atoms with van der Waals surface area (Å²) in [7, 11) is 0. The molecule has 0 unspecified atom stereocenters. The predicted molar refractivity (Wildman–Crippen MR) is 91.3 cm³/mol. The van der Waals surface area contributed by atoms with Crippen LogP contribution in [-0.4, -0.2) is 18.7 Å². The van der Waals surface area contributed by atoms with Crippen molar-refractivity contribution in [2.24, 2.45) is 5.10 Å². The zero-order valence-corrected chi connectivity index (χ0v) is 12.8. The summed E-state index contributed by atoms with van der Waals surface area (Å²) in [5, 5.41) is 13.2. The second-order valence-corrected chi connectivity index (χ2v) is 5.25. The van der Waals surface area contributed by atoms with Crippen molar-refractivity contribution in [2.45, 2.75) is 5.92 Å². The molecule has 5 nitrogen and oxygen atoms in total. The maximum Gasteiger partial charge on any atom is 0.261 e. The van der Waals surface area contributed by atoms with Gasteiger partial charge in [0.05, 0.1) is 12.3 Å². The molecule has 3 rings (SSSR count). The predicted octanol–water partition coefficient (Wildman–Crippen LogP) is 2.87. The first-order valence-electron chi connectivity index (χ1n) is 7.48. The average molecular weight is 317 g/mol. The first-order valence-corrected chi connectivity index (χ1v) is 7.48. The van der Waals surface area contributed by atoms with Gasteiger partial charge in [-0.25, -0.2) is 5.43 Å². The Bertz CT molecular complexity index is 835. The number of para-hydroxylation sites is 1. The van der Waals surface area contributed by atoms with E-state index in [1.165, 1.54) is 6.21 Å². The molecule has 0 bridgehead atoms. The van der Waals surface area contributed by atoms with Crippen LogP contribution in [0.25, 0.3) is 6.08 Å². The second kappa shape index (κ2) is 7.25. The number of fused-ring (bicyclic) bond motifs is 1. The van der Waals surface area contributed by atoms with Gasteiger partial charge in [0, 0.05) is 11.1 Å². The third-order valence-corrected chi connectivity index (χ3v) is 3.58. The summed E-state index contributed by atoms with van der Waals surface area (Å²) in [6, 6.07) is 18.6. The van der Waals surface area contributed by atoms with E-state index in [9.17, 15) is 10.1 Å². The minimum Gasteiger partial charge on any atom is -0.488 e. The van der Waals surface area contributed by atoms with Crippen molar-refractivity contribution >= 4 is 18.2 Å². The van der Waals surface area contributed by atoms with Gasteiger partial charge in [0.15, 0.2) is 5.92 Å². The SMILES string of the molecule is N#C[C@H](C(=O)N/N=C\C1=Cc2ccccc2OC1)c1ccccc1. The van der Waals surface area contributed by atoms with E-state index in [0.717, 1.165) is 16.9 Å². The Balaban J connectivity index is 1.65. The van der Waals surface area contributed by atoms with E-state index in [1.54, 1.807) is 24.3 Å². The van der Waals surface area contributed by atoms with Crippen molar-refractivity contribution < 1.29 is 9.53 Å². The molecular formula is C19H15N3O2. The quantitative estimate of drug-likeness (QED) is 0.696. The molecule has 1 atom stereocenters. The second-order valence-electron chi connectivity index (χ2n) is 5.25. The molecule has 1 amide bonds. The Morgan fingerprint density at radius 1 is 1.21 bits per heavy atom. The van der Waals surface area contributed by atoms with Gasteiger partial charge in [-0.05, 0) is 17.7 Å². The number of amides is 1. The van der Waals surface area contributed by atoms with Gasteiger partial charge in [-0.1, -0.05) is 48.5 Å². The van der Waals surface area contributed by atoms with E-state index in [4.69, 9.17) is 4.74 Å². The van der Waals surface area contributed by atoms with Crippen LogP contribution in [0.4, 0.5) is 0 Å². The molecule has 1 heterocycles. The number of carbonyl (C=O) groups is 1. The molecule has 24 heavy (non-hydrogen) atoms. The van der Waals surface area contributed by atoms with Gasteiger partial charge < -0.3 is 4.74 Å². The summed E-state index contributed by atoms with van der Waals surface area (Å²) in [6.07, 6.45) is 3.49. The Labute approximate surface area is 139 Å². The van der Waals surface area contributed by atoms with Crippen LogP contribution in [0.5, 0.6) is 5.75 Å². The largest absolute Gasteiger partial charge is 0.488 e. The minimum absolute atomic E-state index is 0.386. The number of nitriles is 1. The minimum atomic E-state index is -0.888. The number of nitrogens with zero attached hydrogens (tertiary/aromatic N) is 2. The van der Waals surface area contributed by atoms with Gasteiger partial charge in [0.1, 0.15) is 12.4 Å². The fraction of sp³-hybridized carbons (Fsp3) is 0.105. The van der Waals surface area contributed by atoms with Crippen molar-refractivity contribution in [2.75, 3.05) is 6.61 Å². The number of hydrogen-bond donors (Lipinski definition) is 1. The summed E-state index contributed by atoms with van der Waals surface area (Å²) in [5.41, 5.74) is 4.86. The summed E-state index contributed by atoms with van der Waals surface area (Å²) in [4.78, 5) is 12.1. The molecule has 118 valence electrons. The summed E-state index contributed by atoms with van der Waals surface area (Å²) >= 11 is 0. The highest BCUT2D eigenvalue weighted by molar-refractivity contribution is 5.90. The third-order valence-electron chi connectivity index (χ3n) is 3.58. The first-order chi connectivity index (χ1) is 11.8. The molecule has 1 aliphatic heterocycles. The monoisotopic (exact) mass is 317 g/mol. The van der Waals surface area contributed by atoms with Gasteiger partial charge in [0.2, 0.25) is 0 Å². The maximum absolute atomic E-state index is 12.1. The molecule has 5 heteroatoms. The van der Waals surface area contributed by atoms with E-state index in [1.807, 2.05) is 42.5 Å². The number of nitrogens with one attached hydrogen (secondary N) is 1. The molecule has 0 aliphatic carbocycles. The molecule has 0 saturated carbocycles. The van der Waals surface area contributed by atoms with E-state index in [0.29, 0.717) is 12.2 Å². The zero-order chi connectivity index (χ0) is 16.8. The average Bonchev–Trinajstić information content (AvgIpc) is 2.63. The van der Waals surface area contributed by atoms with Crippen LogP contribution in [0.3, 0.4) is 0 Å². The van der Waals surface area contributed by atoms with Crippen molar-refractivity contribution in [3.63, 3.8) is 0 Å². The van der Waals surface area contributed by atoms with Gasteiger partial charge in [-0.15, -0.1) is 0 Å². The lowest BCUT2D eigenvalue weighted by Gasteiger charge is -2.15. The Kier molecular flexibility index (Phi) is 4.68. The fourth-order valence-electron chi connectivity index (χ4n) is 2.38. The standard InChI is InChI=1S/C19H15N3O2/c20-11-17(15-6-2-1-3-7-15)19(23)22-21-12-14-10-16-8-4-5-9-18(16)24-13-14/h1-10,12,17H,13H2,(H,22,23)/b21-12-/t17-/m0/s1. The Morgan fingerprint density at radius 2 is 1.96 bits per heavy atom. The molecule has 0 fully saturated rings. The highest BCUT2D eigenvalue weighted by Crippen LogP contribution is 2.24. The van der Waals surface area contributed by atoms with E-state index >= 15 is 0 Å². The van der Waals surface area contributed by atoms with Crippen molar-refractivity contribution in [1.82, 2.24) is 5.43 Å². The molecule has 0 saturated heterocycles. The van der Waals surface area contributed by atoms with Crippen LogP contribution in [0.1, 0.15) is 17.0 Å². The molecular weight excluding hydrogens is 302 g/mol. The number of hydrogen-bond acceptors (Lipinski definition) is 4. The lowest BCUT2D eigenvalue weighted by atomic mass is 10.0. The topological polar surface area (TPSA) is 74.5 Å². The first kappa shape index (κ1) is 15.5. The third kappa shape index (κ3) is 3.50. The van der Waals surface area contributed by atoms with Gasteiger partial charge in [0.25, 0.3) is 5.91 Å². The van der Waals surface area contributed by atoms with Gasteiger partial charge in [-0.3, -0.25) is 4.79 Å². The van der Waals surface area contributed by atoms with Crippen molar-refractivity contribution in [1.29, 1.82) is 5.26 Å². The number of ether oxygens (including phenoxy) is 1. The highest BCUT2D eigenvalue weighted by Gasteiger charge is 2.19. The van der Waals surface area contributed by atoms with E-state index in [2.05, 4.69) is 10.5 Å². The van der Waals surface area contributed by atoms with Crippen LogP contribution in [-0.2, 0) is 4.79 Å². The maximum atomic E-state index is 12.1. The summed E-state index contributed by atoms with van der Waals surface area (Å²) < 4.78 is 5.61. The Hall–Kier alpha value is -3.39. The summed E-state index contributed by atoms with van der Waals surface area (Å²) in [5.74, 6) is -0.523. The summed E-state index contributed by atoms with van der Waals surface area (Å²) in [6.45, 7) is 0.386. The fourth-order valence-corrected chi connectivity index (χ4v) is 2.38. The number of carbonyl (C=O) groups excluding carboxylic acids is 1. The lowest BCUT2D eigenvalue weighted by Crippen LogP contribution is -2.24. The zero-order valence-electron chi connectivity index (χ0n) is 12.8. The van der Waals surface area contributed by atoms with Crippen LogP contribution in [0.15, 0.2) is 65.3 Å². The molecule has 0 spiro atoms. The number of hydrazone groups is 1. The number of rotatable bonds is 4.